The summed E-state index contributed by atoms with van der Waals surface area (Å²) in [7, 11) is -3.95. The lowest BCUT2D eigenvalue weighted by molar-refractivity contribution is -0.137. The average Bonchev–Trinajstić information content (AvgIpc) is 3.13. The van der Waals surface area contributed by atoms with Crippen LogP contribution >= 0.6 is 7.60 Å². The van der Waals surface area contributed by atoms with Gasteiger partial charge in [-0.3, -0.25) is 4.57 Å². The van der Waals surface area contributed by atoms with Crippen molar-refractivity contribution in [3.05, 3.63) is 95.4 Å². The average molecular weight is 505 g/mol. The number of hydrogen-bond acceptors (Lipinski definition) is 3. The van der Waals surface area contributed by atoms with Crippen LogP contribution in [0.1, 0.15) is 30.7 Å². The largest absolute Gasteiger partial charge is 0.416 e. The number of alkyl halides is 3. The van der Waals surface area contributed by atoms with Crippen LogP contribution in [0.5, 0.6) is 0 Å². The van der Waals surface area contributed by atoms with E-state index in [1.807, 2.05) is 30.3 Å². The van der Waals surface area contributed by atoms with Gasteiger partial charge in [-0.2, -0.15) is 13.2 Å². The van der Waals surface area contributed by atoms with Crippen molar-refractivity contribution in [2.24, 2.45) is 0 Å². The monoisotopic (exact) mass is 505 g/mol. The molecule has 1 heterocycles. The summed E-state index contributed by atoms with van der Waals surface area (Å²) in [5.74, 6) is -0.495. The molecule has 0 aliphatic rings. The van der Waals surface area contributed by atoms with E-state index in [4.69, 9.17) is 9.05 Å². The zero-order valence-corrected chi connectivity index (χ0v) is 20.1. The lowest BCUT2D eigenvalue weighted by Gasteiger charge is -2.21. The number of aromatic nitrogens is 1. The first-order valence-corrected chi connectivity index (χ1v) is 12.7. The number of fused-ring (bicyclic) bond motifs is 1. The van der Waals surface area contributed by atoms with Gasteiger partial charge in [0.25, 0.3) is 0 Å². The Bertz CT molecular complexity index is 1360. The van der Waals surface area contributed by atoms with Gasteiger partial charge in [0, 0.05) is 28.6 Å². The number of nitrogens with zero attached hydrogens (tertiary/aromatic N) is 1. The SMILES string of the molecule is CCOP(=O)(OCC)c1c2ccc(F)cc2c(Cc2ccccc2)n1-c1ccc(C(F)(F)F)cc1. The van der Waals surface area contributed by atoms with Gasteiger partial charge in [0.05, 0.1) is 18.8 Å². The minimum Gasteiger partial charge on any atom is -0.306 e. The topological polar surface area (TPSA) is 40.5 Å². The van der Waals surface area contributed by atoms with Crippen LogP contribution in [-0.4, -0.2) is 17.8 Å². The summed E-state index contributed by atoms with van der Waals surface area (Å²) < 4.78 is 81.0. The number of rotatable bonds is 8. The molecule has 1 aromatic heterocycles. The van der Waals surface area contributed by atoms with Crippen LogP contribution in [0.15, 0.2) is 72.8 Å². The van der Waals surface area contributed by atoms with E-state index in [0.29, 0.717) is 28.6 Å². The first-order valence-electron chi connectivity index (χ1n) is 11.1. The number of benzene rings is 3. The fraction of sp³-hybridized carbons (Fsp3) is 0.231. The zero-order chi connectivity index (χ0) is 25.2. The fourth-order valence-corrected chi connectivity index (χ4v) is 6.10. The van der Waals surface area contributed by atoms with Crippen molar-refractivity contribution in [1.29, 1.82) is 0 Å². The Morgan fingerprint density at radius 3 is 2.06 bits per heavy atom. The number of hydrogen-bond donors (Lipinski definition) is 0. The Balaban J connectivity index is 2.07. The summed E-state index contributed by atoms with van der Waals surface area (Å²) in [6.45, 7) is 3.49. The van der Waals surface area contributed by atoms with Crippen molar-refractivity contribution < 1.29 is 31.2 Å². The van der Waals surface area contributed by atoms with Crippen molar-refractivity contribution >= 4 is 23.8 Å². The third-order valence-electron chi connectivity index (χ3n) is 5.54. The van der Waals surface area contributed by atoms with Crippen molar-refractivity contribution in [1.82, 2.24) is 4.57 Å². The van der Waals surface area contributed by atoms with Gasteiger partial charge in [-0.25, -0.2) is 4.39 Å². The summed E-state index contributed by atoms with van der Waals surface area (Å²) in [6, 6.07) is 18.0. The number of halogens is 4. The van der Waals surface area contributed by atoms with Crippen LogP contribution in [0.4, 0.5) is 17.6 Å². The molecule has 4 aromatic rings. The van der Waals surface area contributed by atoms with Crippen molar-refractivity contribution in [2.75, 3.05) is 13.2 Å². The maximum atomic E-state index is 14.4. The predicted octanol–water partition coefficient (Wildman–Crippen LogP) is 7.27. The van der Waals surface area contributed by atoms with Crippen LogP contribution in [0, 0.1) is 5.82 Å². The predicted molar refractivity (Wildman–Crippen MR) is 128 cm³/mol. The van der Waals surface area contributed by atoms with E-state index in [-0.39, 0.29) is 18.6 Å². The van der Waals surface area contributed by atoms with Gasteiger partial charge in [0.15, 0.2) is 0 Å². The lowest BCUT2D eigenvalue weighted by Crippen LogP contribution is -2.21. The van der Waals surface area contributed by atoms with E-state index in [1.54, 1.807) is 18.4 Å². The smallest absolute Gasteiger partial charge is 0.306 e. The Morgan fingerprint density at radius 1 is 0.857 bits per heavy atom. The van der Waals surface area contributed by atoms with E-state index in [2.05, 4.69) is 0 Å². The fourth-order valence-electron chi connectivity index (χ4n) is 4.13. The quantitative estimate of drug-likeness (QED) is 0.187. The molecule has 0 fully saturated rings. The zero-order valence-electron chi connectivity index (χ0n) is 19.2. The molecule has 9 heteroatoms. The Morgan fingerprint density at radius 2 is 1.49 bits per heavy atom. The molecular weight excluding hydrogens is 481 g/mol. The summed E-state index contributed by atoms with van der Waals surface area (Å²) in [4.78, 5) is 0. The molecule has 0 radical (unpaired) electrons. The summed E-state index contributed by atoms with van der Waals surface area (Å²) in [6.07, 6.45) is -4.20. The Labute approximate surface area is 200 Å². The molecule has 0 amide bonds. The van der Waals surface area contributed by atoms with E-state index in [1.165, 1.54) is 30.3 Å². The van der Waals surface area contributed by atoms with Crippen molar-refractivity contribution in [2.45, 2.75) is 26.4 Å². The van der Waals surface area contributed by atoms with Crippen LogP contribution in [0.2, 0.25) is 0 Å². The van der Waals surface area contributed by atoms with Gasteiger partial charge in [-0.15, -0.1) is 0 Å². The van der Waals surface area contributed by atoms with Gasteiger partial charge in [-0.1, -0.05) is 30.3 Å². The highest BCUT2D eigenvalue weighted by atomic mass is 31.2. The molecule has 35 heavy (non-hydrogen) atoms. The molecule has 0 N–H and O–H groups in total. The molecule has 0 aliphatic heterocycles. The summed E-state index contributed by atoms with van der Waals surface area (Å²) >= 11 is 0. The van der Waals surface area contributed by atoms with Crippen LogP contribution in [0.25, 0.3) is 16.5 Å². The van der Waals surface area contributed by atoms with Crippen molar-refractivity contribution in [3.63, 3.8) is 0 Å². The highest BCUT2D eigenvalue weighted by molar-refractivity contribution is 7.62. The molecule has 4 nitrogen and oxygen atoms in total. The minimum absolute atomic E-state index is 0.0756. The van der Waals surface area contributed by atoms with E-state index in [0.717, 1.165) is 17.7 Å². The highest BCUT2D eigenvalue weighted by Crippen LogP contribution is 2.50. The second-order valence-corrected chi connectivity index (χ2v) is 9.77. The maximum Gasteiger partial charge on any atom is 0.416 e. The second-order valence-electron chi connectivity index (χ2n) is 7.84. The molecule has 0 bridgehead atoms. The van der Waals surface area contributed by atoms with E-state index < -0.39 is 25.2 Å². The first-order chi connectivity index (χ1) is 16.7. The maximum absolute atomic E-state index is 14.4. The first kappa shape index (κ1) is 25.2. The molecule has 184 valence electrons. The molecule has 3 aromatic carbocycles. The van der Waals surface area contributed by atoms with E-state index in [9.17, 15) is 22.1 Å². The third kappa shape index (κ3) is 5.06. The van der Waals surface area contributed by atoms with Crippen LogP contribution in [0.3, 0.4) is 0 Å². The molecule has 0 spiro atoms. The summed E-state index contributed by atoms with van der Waals surface area (Å²) in [5, 5.41) is 0.922. The van der Waals surface area contributed by atoms with Gasteiger partial charge in [0.1, 0.15) is 11.3 Å². The normalized spacial score (nSPS) is 12.4. The standard InChI is InChI=1S/C26H24F4NO3P/c1-3-33-35(32,34-4-2)25-22-15-12-20(27)17-23(22)24(16-18-8-6-5-7-9-18)31(25)21-13-10-19(11-14-21)26(28,29)30/h5-15,17H,3-4,16H2,1-2H3. The Kier molecular flexibility index (Phi) is 7.17. The van der Waals surface area contributed by atoms with Crippen molar-refractivity contribution in [3.8, 4) is 5.69 Å². The van der Waals surface area contributed by atoms with Crippen LogP contribution in [-0.2, 0) is 26.2 Å². The lowest BCUT2D eigenvalue weighted by atomic mass is 10.1. The minimum atomic E-state index is -4.51. The van der Waals surface area contributed by atoms with Gasteiger partial charge in [-0.05, 0) is 61.9 Å². The Hall–Kier alpha value is -2.93. The van der Waals surface area contributed by atoms with Gasteiger partial charge >= 0.3 is 13.8 Å². The van der Waals surface area contributed by atoms with Crippen LogP contribution < -0.4 is 5.44 Å². The van der Waals surface area contributed by atoms with Gasteiger partial charge in [0.2, 0.25) is 0 Å². The molecular formula is C26H24F4NO3P. The van der Waals surface area contributed by atoms with Gasteiger partial charge < -0.3 is 13.6 Å². The second kappa shape index (κ2) is 9.97. The van der Waals surface area contributed by atoms with E-state index >= 15 is 0 Å². The summed E-state index contributed by atoms with van der Waals surface area (Å²) in [5.41, 5.74) is 1.11. The highest BCUT2D eigenvalue weighted by Gasteiger charge is 2.36. The molecule has 0 aliphatic carbocycles. The third-order valence-corrected chi connectivity index (χ3v) is 7.70. The molecule has 0 unspecified atom stereocenters. The molecule has 0 saturated heterocycles. The molecule has 0 atom stereocenters. The molecule has 0 saturated carbocycles. The molecule has 4 rings (SSSR count).